The Morgan fingerprint density at radius 1 is 0.197 bits per heavy atom. The molecule has 0 bridgehead atoms. The Balaban J connectivity index is 1.21. The predicted molar refractivity (Wildman–Crippen MR) is 280 cm³/mol. The molecule has 4 aromatic heterocycles. The second-order valence-electron chi connectivity index (χ2n) is 18.7. The summed E-state index contributed by atoms with van der Waals surface area (Å²) in [5.74, 6) is 0. The molecule has 7 heterocycles. The molecule has 0 saturated heterocycles. The topological polar surface area (TPSA) is 19.7 Å². The van der Waals surface area contributed by atoms with Gasteiger partial charge in [0.1, 0.15) is 16.8 Å². The molecule has 17 rings (SSSR count). The fourth-order valence-electron chi connectivity index (χ4n) is 13.9. The quantitative estimate of drug-likeness (QED) is 0.135. The molecule has 0 unspecified atom stereocenters. The van der Waals surface area contributed by atoms with Crippen molar-refractivity contribution >= 4 is 125 Å². The summed E-state index contributed by atoms with van der Waals surface area (Å²) in [6.07, 6.45) is 0. The lowest BCUT2D eigenvalue weighted by atomic mass is 9.99. The number of hydrogen-bond donors (Lipinski definition) is 0. The van der Waals surface area contributed by atoms with Crippen LogP contribution in [-0.2, 0) is 0 Å². The lowest BCUT2D eigenvalue weighted by Crippen LogP contribution is -2.89. The largest absolute Gasteiger partial charge is 0.469 e. The third-order valence-electron chi connectivity index (χ3n) is 16.0. The maximum atomic E-state index is 2.92. The zero-order valence-corrected chi connectivity index (χ0v) is 37.6. The molecule has 14 aromatic rings. The zero-order chi connectivity index (χ0) is 42.6. The fraction of sp³-hybridized carbons (Fsp3) is 0. The first-order valence-electron chi connectivity index (χ1n) is 23.1. The molecule has 4 nitrogen and oxygen atoms in total. The van der Waals surface area contributed by atoms with E-state index in [1.165, 1.54) is 130 Å². The van der Waals surface area contributed by atoms with E-state index in [9.17, 15) is 0 Å². The van der Waals surface area contributed by atoms with Crippen molar-refractivity contribution in [1.29, 1.82) is 0 Å². The first kappa shape index (κ1) is 34.3. The van der Waals surface area contributed by atoms with Gasteiger partial charge in [-0.15, -0.1) is 0 Å². The van der Waals surface area contributed by atoms with Gasteiger partial charge >= 0.3 is 0 Å². The molecule has 3 aliphatic rings. The summed E-state index contributed by atoms with van der Waals surface area (Å²) in [6, 6.07) is 84.9. The van der Waals surface area contributed by atoms with Crippen LogP contribution in [0.15, 0.2) is 218 Å². The number of nitrogens with zero attached hydrogens (tertiary/aromatic N) is 4. The van der Waals surface area contributed by atoms with Crippen LogP contribution in [0.4, 0.5) is 0 Å². The van der Waals surface area contributed by atoms with Crippen LogP contribution in [0.1, 0.15) is 0 Å². The van der Waals surface area contributed by atoms with E-state index in [0.717, 1.165) is 0 Å². The number of para-hydroxylation sites is 8. The summed E-state index contributed by atoms with van der Waals surface area (Å²) in [6.45, 7) is 0. The highest BCUT2D eigenvalue weighted by Crippen LogP contribution is 2.50. The number of benzene rings is 10. The Labute approximate surface area is 380 Å². The summed E-state index contributed by atoms with van der Waals surface area (Å²) in [5.41, 5.74) is 15.6. The van der Waals surface area contributed by atoms with Crippen LogP contribution >= 0.6 is 0 Å². The summed E-state index contributed by atoms with van der Waals surface area (Å²) in [7, 11) is -7.03. The smallest absolute Gasteiger partial charge is 0.125 e. The van der Waals surface area contributed by atoms with E-state index < -0.39 is 16.8 Å². The van der Waals surface area contributed by atoms with Gasteiger partial charge in [-0.1, -0.05) is 194 Å². The van der Waals surface area contributed by atoms with E-state index in [1.807, 2.05) is 0 Å². The van der Waals surface area contributed by atoms with Gasteiger partial charge in [0, 0.05) is 109 Å². The van der Waals surface area contributed by atoms with E-state index >= 15 is 0 Å². The molecule has 0 saturated carbocycles. The van der Waals surface area contributed by atoms with Crippen LogP contribution in [0.2, 0.25) is 0 Å². The van der Waals surface area contributed by atoms with Crippen LogP contribution < -0.4 is 20.7 Å². The standard InChI is InChI=1S/C60H36N4Si2/c1-5-29-49-37(17-1)41-21-13-25-45-46-26-14-22-42-38-18-2-6-30-50(38)62(58(42)46)65(61(49)57(41)45)53-33-9-11-35-55(53)66(56-36-12-10-34-54(56)65)63-51-31-7-3-19-39(51)43-23-15-27-47(59(43)63)48-28-16-24-44-40-20-4-8-32-52(40)64(66)60(44)48/h1-36H/q-2. The van der Waals surface area contributed by atoms with Gasteiger partial charge in [-0.3, -0.25) is 0 Å². The molecule has 0 amide bonds. The lowest BCUT2D eigenvalue weighted by molar-refractivity contribution is 1.14. The van der Waals surface area contributed by atoms with E-state index in [2.05, 4.69) is 235 Å². The second-order valence-corrected chi connectivity index (χ2v) is 25.3. The second kappa shape index (κ2) is 11.6. The number of aromatic nitrogens is 4. The van der Waals surface area contributed by atoms with Gasteiger partial charge in [0.15, 0.2) is 0 Å². The molecule has 2 spiro atoms. The van der Waals surface area contributed by atoms with E-state index in [1.54, 1.807) is 0 Å². The highest BCUT2D eigenvalue weighted by atomic mass is 28.4. The first-order valence-corrected chi connectivity index (χ1v) is 26.9. The van der Waals surface area contributed by atoms with Gasteiger partial charge in [-0.2, -0.15) is 20.7 Å². The average molecular weight is 869 g/mol. The fourth-order valence-corrected chi connectivity index (χ4v) is 26.5. The molecular weight excluding hydrogens is 833 g/mol. The first-order chi connectivity index (χ1) is 32.8. The average Bonchev–Trinajstić information content (AvgIpc) is 4.08. The van der Waals surface area contributed by atoms with E-state index in [0.29, 0.717) is 0 Å². The third kappa shape index (κ3) is 3.54. The van der Waals surface area contributed by atoms with Crippen LogP contribution in [0, 0.1) is 0 Å². The molecule has 306 valence electrons. The van der Waals surface area contributed by atoms with Gasteiger partial charge < -0.3 is 16.9 Å². The summed E-state index contributed by atoms with van der Waals surface area (Å²) in [4.78, 5) is 0. The van der Waals surface area contributed by atoms with Crippen LogP contribution in [0.25, 0.3) is 109 Å². The van der Waals surface area contributed by atoms with E-state index in [-0.39, 0.29) is 0 Å². The van der Waals surface area contributed by atoms with Crippen molar-refractivity contribution in [3.05, 3.63) is 218 Å². The predicted octanol–water partition coefficient (Wildman–Crippen LogP) is 11.7. The third-order valence-corrected chi connectivity index (χ3v) is 25.7. The number of hydrogen-bond acceptors (Lipinski definition) is 0. The Morgan fingerprint density at radius 2 is 0.409 bits per heavy atom. The minimum absolute atomic E-state index is 1.28. The lowest BCUT2D eigenvalue weighted by Gasteiger charge is -2.64. The molecule has 3 aliphatic heterocycles. The Kier molecular flexibility index (Phi) is 6.00. The van der Waals surface area contributed by atoms with Crippen molar-refractivity contribution in [2.24, 2.45) is 0 Å². The van der Waals surface area contributed by atoms with Gasteiger partial charge in [0.25, 0.3) is 0 Å². The number of fused-ring (bicyclic) bond motifs is 24. The maximum Gasteiger partial charge on any atom is 0.125 e. The van der Waals surface area contributed by atoms with Crippen molar-refractivity contribution in [2.45, 2.75) is 0 Å². The van der Waals surface area contributed by atoms with Gasteiger partial charge in [-0.25, -0.2) is 0 Å². The SMILES string of the molecule is c1ccc2c(c1)[Si-]1(c3ccccc3[Si-]23n2c4ccccc4c4cccc(c42)-c2cccc4c5ccccc5n3c24)n2c3ccccc3c3cccc(c32)-c2cccc3c4ccccc4n1c23. The minimum Gasteiger partial charge on any atom is -0.469 e. The normalized spacial score (nSPS) is 14.9. The molecular formula is C60H36N4Si2-2. The van der Waals surface area contributed by atoms with Crippen molar-refractivity contribution < 1.29 is 0 Å². The van der Waals surface area contributed by atoms with Crippen LogP contribution in [0.3, 0.4) is 0 Å². The van der Waals surface area contributed by atoms with E-state index in [4.69, 9.17) is 0 Å². The maximum absolute atomic E-state index is 3.52. The molecule has 0 fully saturated rings. The van der Waals surface area contributed by atoms with Gasteiger partial charge in [-0.05, 0) is 24.3 Å². The summed E-state index contributed by atoms with van der Waals surface area (Å²) in [5, 5.41) is 16.2. The zero-order valence-electron chi connectivity index (χ0n) is 35.6. The molecule has 10 aromatic carbocycles. The van der Waals surface area contributed by atoms with Gasteiger partial charge in [0.2, 0.25) is 0 Å². The molecule has 0 atom stereocenters. The Morgan fingerprint density at radius 3 is 0.667 bits per heavy atom. The van der Waals surface area contributed by atoms with Crippen LogP contribution in [-0.4, -0.2) is 33.7 Å². The highest BCUT2D eigenvalue weighted by molar-refractivity contribution is 7.17. The minimum atomic E-state index is -3.52. The highest BCUT2D eigenvalue weighted by Gasteiger charge is 2.49. The molecule has 0 aliphatic carbocycles. The van der Waals surface area contributed by atoms with Crippen molar-refractivity contribution in [2.75, 3.05) is 0 Å². The van der Waals surface area contributed by atoms with Crippen molar-refractivity contribution in [3.63, 3.8) is 0 Å². The monoisotopic (exact) mass is 868 g/mol. The molecule has 66 heavy (non-hydrogen) atoms. The summed E-state index contributed by atoms with van der Waals surface area (Å²) < 4.78 is 11.7. The number of rotatable bonds is 0. The van der Waals surface area contributed by atoms with Gasteiger partial charge in [0.05, 0.1) is 0 Å². The molecule has 0 N–H and O–H groups in total. The van der Waals surface area contributed by atoms with Crippen molar-refractivity contribution in [1.82, 2.24) is 16.9 Å². The summed E-state index contributed by atoms with van der Waals surface area (Å²) >= 11 is 0. The molecule has 0 radical (unpaired) electrons. The van der Waals surface area contributed by atoms with Crippen LogP contribution in [0.5, 0.6) is 0 Å². The Hall–Kier alpha value is -8.17. The Bertz CT molecular complexity index is 3980. The molecule has 6 heteroatoms. The van der Waals surface area contributed by atoms with Crippen molar-refractivity contribution in [3.8, 4) is 22.3 Å².